The van der Waals surface area contributed by atoms with Crippen molar-refractivity contribution in [3.8, 4) is 0 Å². The van der Waals surface area contributed by atoms with Gasteiger partial charge < -0.3 is 0 Å². The molecule has 2 rings (SSSR count). The Morgan fingerprint density at radius 2 is 0.976 bits per heavy atom. The molecule has 0 saturated heterocycles. The Hall–Kier alpha value is -1.25. The Kier molecular flexibility index (Phi) is 11.9. The topological polar surface area (TPSA) is 49.7 Å². The first-order valence-corrected chi connectivity index (χ1v) is 18.0. The third kappa shape index (κ3) is 10.5. The van der Waals surface area contributed by atoms with Gasteiger partial charge in [0, 0.05) is 0 Å². The van der Waals surface area contributed by atoms with Crippen LogP contribution < -0.4 is 0 Å². The van der Waals surface area contributed by atoms with Crippen molar-refractivity contribution in [3.63, 3.8) is 0 Å². The fourth-order valence-corrected chi connectivity index (χ4v) is 6.94. The molecule has 0 aliphatic carbocycles. The molecule has 0 unspecified atom stereocenters. The van der Waals surface area contributed by atoms with Crippen LogP contribution in [-0.2, 0) is 26.2 Å². The summed E-state index contributed by atoms with van der Waals surface area (Å²) in [5.41, 5.74) is 6.69. The zero-order chi connectivity index (χ0) is 31.4. The Morgan fingerprint density at radius 3 is 1.34 bits per heavy atom. The molecule has 0 amide bonds. The maximum absolute atomic E-state index is 11.4. The molecule has 41 heavy (non-hydrogen) atoms. The zero-order valence-corrected chi connectivity index (χ0v) is 29.8. The van der Waals surface area contributed by atoms with E-state index >= 15 is 0 Å². The van der Waals surface area contributed by atoms with Crippen LogP contribution in [0.15, 0.2) is 36.4 Å². The first-order valence-electron chi connectivity index (χ1n) is 16.0. The van der Waals surface area contributed by atoms with E-state index in [1.165, 1.54) is 41.5 Å². The molecule has 0 aliphatic rings. The van der Waals surface area contributed by atoms with Crippen LogP contribution in [0, 0.1) is 0 Å². The molecule has 0 atom stereocenters. The third-order valence-electron chi connectivity index (χ3n) is 8.18. The summed E-state index contributed by atoms with van der Waals surface area (Å²) < 4.78 is 6.61. The predicted molar refractivity (Wildman–Crippen MR) is 182 cm³/mol. The standard InChI is InChI=1S/C37H63O3P/c1-14-15-16-17-18-19-24-41(38,39)40-33(29-22-20-27(34(2,3)4)25-31(29)36(8,9)10)30-23-21-28(35(5,6)7)26-32(30)37(11,12)13/h20-23,25-26,33,38-39,41H,14-19,24H2,1-13H3. The van der Waals surface area contributed by atoms with E-state index in [0.29, 0.717) is 6.16 Å². The van der Waals surface area contributed by atoms with E-state index < -0.39 is 14.0 Å². The second-order valence-electron chi connectivity index (χ2n) is 16.4. The molecule has 0 radical (unpaired) electrons. The van der Waals surface area contributed by atoms with Crippen LogP contribution in [0.4, 0.5) is 0 Å². The number of unbranched alkanes of at least 4 members (excludes halogenated alkanes) is 5. The molecule has 0 aromatic heterocycles. The van der Waals surface area contributed by atoms with Crippen LogP contribution in [0.2, 0.25) is 0 Å². The monoisotopic (exact) mass is 586 g/mol. The minimum atomic E-state index is -3.96. The summed E-state index contributed by atoms with van der Waals surface area (Å²) in [6.07, 6.45) is 6.32. The van der Waals surface area contributed by atoms with E-state index in [4.69, 9.17) is 4.52 Å². The number of hydrogen-bond acceptors (Lipinski definition) is 3. The molecule has 234 valence electrons. The van der Waals surface area contributed by atoms with E-state index in [9.17, 15) is 9.79 Å². The molecule has 0 aliphatic heterocycles. The van der Waals surface area contributed by atoms with Gasteiger partial charge in [-0.05, 0) is 0 Å². The number of hydrogen-bond donors (Lipinski definition) is 2. The second-order valence-corrected chi connectivity index (χ2v) is 18.6. The summed E-state index contributed by atoms with van der Waals surface area (Å²) >= 11 is 0. The minimum absolute atomic E-state index is 0.00402. The summed E-state index contributed by atoms with van der Waals surface area (Å²) in [7, 11) is -3.96. The molecular weight excluding hydrogens is 523 g/mol. The van der Waals surface area contributed by atoms with E-state index in [2.05, 4.69) is 126 Å². The van der Waals surface area contributed by atoms with Gasteiger partial charge in [-0.25, -0.2) is 0 Å². The SMILES string of the molecule is CCCCCCCC[PH](O)(O)OC(c1ccc(C(C)(C)C)cc1C(C)(C)C)c1ccc(C(C)(C)C)cc1C(C)(C)C. The van der Waals surface area contributed by atoms with Crippen molar-refractivity contribution in [2.24, 2.45) is 0 Å². The normalized spacial score (nSPS) is 14.1. The van der Waals surface area contributed by atoms with Crippen LogP contribution in [0.25, 0.3) is 0 Å². The Bertz CT molecular complexity index is 1050. The van der Waals surface area contributed by atoms with Gasteiger partial charge in [0.2, 0.25) is 0 Å². The van der Waals surface area contributed by atoms with Gasteiger partial charge in [-0.3, -0.25) is 0 Å². The van der Waals surface area contributed by atoms with Gasteiger partial charge in [0.1, 0.15) is 0 Å². The average molecular weight is 587 g/mol. The average Bonchev–Trinajstić information content (AvgIpc) is 2.82. The van der Waals surface area contributed by atoms with Crippen molar-refractivity contribution in [3.05, 3.63) is 69.8 Å². The first kappa shape index (κ1) is 35.9. The van der Waals surface area contributed by atoms with E-state index in [-0.39, 0.29) is 21.7 Å². The molecule has 0 spiro atoms. The van der Waals surface area contributed by atoms with Gasteiger partial charge >= 0.3 is 254 Å². The number of rotatable bonds is 11. The molecule has 2 N–H and O–H groups in total. The van der Waals surface area contributed by atoms with Gasteiger partial charge in [0.15, 0.2) is 0 Å². The van der Waals surface area contributed by atoms with Crippen molar-refractivity contribution >= 4 is 7.94 Å². The van der Waals surface area contributed by atoms with Crippen LogP contribution in [0.1, 0.15) is 168 Å². The maximum atomic E-state index is 11.4. The summed E-state index contributed by atoms with van der Waals surface area (Å²) in [5.74, 6) is 0. The second kappa shape index (κ2) is 13.6. The quantitative estimate of drug-likeness (QED) is 0.203. The Balaban J connectivity index is 2.73. The van der Waals surface area contributed by atoms with Gasteiger partial charge in [-0.2, -0.15) is 0 Å². The molecule has 3 nitrogen and oxygen atoms in total. The van der Waals surface area contributed by atoms with Crippen LogP contribution >= 0.6 is 7.94 Å². The van der Waals surface area contributed by atoms with Crippen LogP contribution in [0.3, 0.4) is 0 Å². The van der Waals surface area contributed by atoms with E-state index in [0.717, 1.165) is 30.4 Å². The summed E-state index contributed by atoms with van der Waals surface area (Å²) in [5, 5.41) is 0. The molecule has 0 fully saturated rings. The van der Waals surface area contributed by atoms with Crippen LogP contribution in [0.5, 0.6) is 0 Å². The molecule has 2 aromatic rings. The summed E-state index contributed by atoms with van der Waals surface area (Å²) in [6.45, 7) is 29.1. The molecule has 2 aromatic carbocycles. The zero-order valence-electron chi connectivity index (χ0n) is 28.8. The Labute approximate surface area is 254 Å². The van der Waals surface area contributed by atoms with Gasteiger partial charge in [-0.1, -0.05) is 0 Å². The van der Waals surface area contributed by atoms with Crippen molar-refractivity contribution in [1.29, 1.82) is 0 Å². The van der Waals surface area contributed by atoms with Gasteiger partial charge in [0.05, 0.1) is 0 Å². The molecular formula is C37H63O3P. The van der Waals surface area contributed by atoms with Crippen molar-refractivity contribution in [2.45, 2.75) is 156 Å². The molecule has 0 heterocycles. The van der Waals surface area contributed by atoms with Crippen molar-refractivity contribution < 1.29 is 14.3 Å². The first-order chi connectivity index (χ1) is 18.6. The van der Waals surface area contributed by atoms with Crippen molar-refractivity contribution in [2.75, 3.05) is 6.16 Å². The molecule has 0 bridgehead atoms. The van der Waals surface area contributed by atoms with Crippen LogP contribution in [-0.4, -0.2) is 15.9 Å². The van der Waals surface area contributed by atoms with Gasteiger partial charge in [-0.15, -0.1) is 0 Å². The summed E-state index contributed by atoms with van der Waals surface area (Å²) in [4.78, 5) is 22.9. The van der Waals surface area contributed by atoms with E-state index in [1.807, 2.05) is 0 Å². The molecule has 0 saturated carbocycles. The Morgan fingerprint density at radius 1 is 0.585 bits per heavy atom. The fraction of sp³-hybridized carbons (Fsp3) is 0.676. The third-order valence-corrected chi connectivity index (χ3v) is 9.80. The number of benzene rings is 2. The fourth-order valence-electron chi connectivity index (χ4n) is 5.48. The van der Waals surface area contributed by atoms with Crippen molar-refractivity contribution in [1.82, 2.24) is 0 Å². The molecule has 4 heteroatoms. The summed E-state index contributed by atoms with van der Waals surface area (Å²) in [6, 6.07) is 13.4. The predicted octanol–water partition coefficient (Wildman–Crippen LogP) is 10.8. The van der Waals surface area contributed by atoms with Gasteiger partial charge in [0.25, 0.3) is 0 Å². The van der Waals surface area contributed by atoms with E-state index in [1.54, 1.807) is 0 Å².